The highest BCUT2D eigenvalue weighted by Gasteiger charge is 2.33. The number of aryl methyl sites for hydroxylation is 1. The summed E-state index contributed by atoms with van der Waals surface area (Å²) in [5, 5.41) is 11.6. The molecule has 2 heterocycles. The summed E-state index contributed by atoms with van der Waals surface area (Å²) in [5.41, 5.74) is 5.26. The number of fused-ring (bicyclic) bond motifs is 1. The van der Waals surface area contributed by atoms with Gasteiger partial charge < -0.3 is 15.7 Å². The van der Waals surface area contributed by atoms with Gasteiger partial charge in [0.1, 0.15) is 10.6 Å². The molecule has 21 heavy (non-hydrogen) atoms. The van der Waals surface area contributed by atoms with Crippen molar-refractivity contribution in [1.29, 1.82) is 0 Å². The van der Waals surface area contributed by atoms with Gasteiger partial charge in [-0.3, -0.25) is 0 Å². The van der Waals surface area contributed by atoms with E-state index >= 15 is 0 Å². The number of nitrogens with zero attached hydrogens (tertiary/aromatic N) is 3. The largest absolute Gasteiger partial charge is 0.388 e. The van der Waals surface area contributed by atoms with Crippen LogP contribution < -0.4 is 10.6 Å². The van der Waals surface area contributed by atoms with Crippen LogP contribution in [-0.2, 0) is 6.42 Å². The van der Waals surface area contributed by atoms with Gasteiger partial charge in [0, 0.05) is 18.5 Å². The maximum atomic E-state index is 10.6. The molecule has 0 saturated heterocycles. The molecule has 6 heteroatoms. The van der Waals surface area contributed by atoms with Crippen molar-refractivity contribution < 1.29 is 5.11 Å². The van der Waals surface area contributed by atoms with E-state index in [1.807, 2.05) is 11.9 Å². The number of hydrogen-bond acceptors (Lipinski definition) is 6. The molecule has 0 bridgehead atoms. The van der Waals surface area contributed by atoms with Gasteiger partial charge in [-0.25, -0.2) is 4.98 Å². The highest BCUT2D eigenvalue weighted by molar-refractivity contribution is 7.18. The Labute approximate surface area is 128 Å². The third kappa shape index (κ3) is 2.82. The predicted octanol–water partition coefficient (Wildman–Crippen LogP) is 2.58. The number of nitrogens with two attached hydrogens (primary N) is 1. The Morgan fingerprint density at radius 3 is 2.76 bits per heavy atom. The summed E-state index contributed by atoms with van der Waals surface area (Å²) in [6.45, 7) is 2.72. The van der Waals surface area contributed by atoms with Crippen LogP contribution in [-0.4, -0.2) is 34.3 Å². The van der Waals surface area contributed by atoms with E-state index < -0.39 is 5.60 Å². The minimum atomic E-state index is -0.593. The van der Waals surface area contributed by atoms with Gasteiger partial charge in [0.25, 0.3) is 0 Å². The van der Waals surface area contributed by atoms with Crippen molar-refractivity contribution in [1.82, 2.24) is 9.97 Å². The van der Waals surface area contributed by atoms with E-state index in [2.05, 4.69) is 23.0 Å². The third-order valence-corrected chi connectivity index (χ3v) is 5.39. The summed E-state index contributed by atoms with van der Waals surface area (Å²) in [6, 6.07) is 2.14. The summed E-state index contributed by atoms with van der Waals surface area (Å²) >= 11 is 1.66. The average Bonchev–Trinajstić information content (AvgIpc) is 3.03. The number of aromatic nitrogens is 2. The molecular formula is C15H22N4OS. The molecule has 3 N–H and O–H groups in total. The van der Waals surface area contributed by atoms with E-state index in [1.165, 1.54) is 4.88 Å². The second-order valence-corrected chi connectivity index (χ2v) is 7.09. The molecule has 1 aliphatic carbocycles. The Morgan fingerprint density at radius 2 is 2.10 bits per heavy atom. The lowest BCUT2D eigenvalue weighted by Crippen LogP contribution is -2.39. The normalized spacial score (nSPS) is 17.5. The maximum absolute atomic E-state index is 10.6. The molecule has 0 amide bonds. The quantitative estimate of drug-likeness (QED) is 0.908. The summed E-state index contributed by atoms with van der Waals surface area (Å²) in [4.78, 5) is 13.0. The van der Waals surface area contributed by atoms with E-state index in [9.17, 15) is 5.11 Å². The summed E-state index contributed by atoms with van der Waals surface area (Å²) in [7, 11) is 1.97. The minimum Gasteiger partial charge on any atom is -0.388 e. The minimum absolute atomic E-state index is 0.298. The summed E-state index contributed by atoms with van der Waals surface area (Å²) < 4.78 is 0. The molecule has 3 rings (SSSR count). The molecule has 0 aromatic carbocycles. The molecule has 1 saturated carbocycles. The number of rotatable bonds is 4. The van der Waals surface area contributed by atoms with Gasteiger partial charge in [0.2, 0.25) is 5.95 Å². The Kier molecular flexibility index (Phi) is 3.75. The average molecular weight is 306 g/mol. The fraction of sp³-hybridized carbons (Fsp3) is 0.600. The van der Waals surface area contributed by atoms with E-state index in [0.717, 1.165) is 48.1 Å². The number of hydrogen-bond donors (Lipinski definition) is 2. The smallest absolute Gasteiger partial charge is 0.223 e. The van der Waals surface area contributed by atoms with Gasteiger partial charge in [0.05, 0.1) is 11.0 Å². The highest BCUT2D eigenvalue weighted by Crippen LogP contribution is 2.34. The standard InChI is InChI=1S/C15H22N4OS/c1-3-10-8-11-12(17-14(16)18-13(11)21-10)19(2)9-15(20)6-4-5-7-15/h8,20H,3-7,9H2,1-2H3,(H2,16,17,18). The fourth-order valence-corrected chi connectivity index (χ4v) is 4.11. The fourth-order valence-electron chi connectivity index (χ4n) is 3.15. The van der Waals surface area contributed by atoms with Crippen LogP contribution >= 0.6 is 11.3 Å². The van der Waals surface area contributed by atoms with Crippen LogP contribution in [0.3, 0.4) is 0 Å². The lowest BCUT2D eigenvalue weighted by atomic mass is 10.0. The van der Waals surface area contributed by atoms with Crippen LogP contribution in [0.2, 0.25) is 0 Å². The van der Waals surface area contributed by atoms with Crippen LogP contribution in [0.1, 0.15) is 37.5 Å². The van der Waals surface area contributed by atoms with Crippen LogP contribution in [0, 0.1) is 0 Å². The van der Waals surface area contributed by atoms with Crippen LogP contribution in [0.5, 0.6) is 0 Å². The summed E-state index contributed by atoms with van der Waals surface area (Å²) in [6.07, 6.45) is 4.91. The first-order valence-electron chi connectivity index (χ1n) is 7.50. The first-order chi connectivity index (χ1) is 10.0. The second kappa shape index (κ2) is 5.42. The third-order valence-electron chi connectivity index (χ3n) is 4.22. The molecule has 114 valence electrons. The first-order valence-corrected chi connectivity index (χ1v) is 8.32. The number of thiophene rings is 1. The second-order valence-electron chi connectivity index (χ2n) is 5.98. The Hall–Kier alpha value is -1.40. The highest BCUT2D eigenvalue weighted by atomic mass is 32.1. The van der Waals surface area contributed by atoms with E-state index in [1.54, 1.807) is 11.3 Å². The lowest BCUT2D eigenvalue weighted by molar-refractivity contribution is 0.0558. The van der Waals surface area contributed by atoms with Crippen molar-refractivity contribution in [2.24, 2.45) is 0 Å². The first kappa shape index (κ1) is 14.5. The van der Waals surface area contributed by atoms with E-state index in [0.29, 0.717) is 12.5 Å². The van der Waals surface area contributed by atoms with Crippen molar-refractivity contribution in [3.05, 3.63) is 10.9 Å². The zero-order valence-electron chi connectivity index (χ0n) is 12.6. The molecule has 5 nitrogen and oxygen atoms in total. The Bertz CT molecular complexity index is 648. The van der Waals surface area contributed by atoms with Crippen molar-refractivity contribution in [3.63, 3.8) is 0 Å². The number of aliphatic hydroxyl groups is 1. The van der Waals surface area contributed by atoms with Gasteiger partial charge >= 0.3 is 0 Å². The molecule has 0 unspecified atom stereocenters. The Balaban J connectivity index is 1.96. The molecular weight excluding hydrogens is 284 g/mol. The van der Waals surface area contributed by atoms with E-state index in [-0.39, 0.29) is 0 Å². The van der Waals surface area contributed by atoms with Crippen molar-refractivity contribution in [3.8, 4) is 0 Å². The van der Waals surface area contributed by atoms with Gasteiger partial charge in [-0.05, 0) is 25.3 Å². The SMILES string of the molecule is CCc1cc2c(N(C)CC3(O)CCCC3)nc(N)nc2s1. The molecule has 0 radical (unpaired) electrons. The van der Waals surface area contributed by atoms with Gasteiger partial charge in [-0.2, -0.15) is 4.98 Å². The molecule has 0 aliphatic heterocycles. The van der Waals surface area contributed by atoms with Crippen molar-refractivity contribution >= 4 is 33.3 Å². The molecule has 1 fully saturated rings. The number of likely N-dealkylation sites (N-methyl/N-ethyl adjacent to an activating group) is 1. The Morgan fingerprint density at radius 1 is 1.38 bits per heavy atom. The van der Waals surface area contributed by atoms with Gasteiger partial charge in [-0.1, -0.05) is 19.8 Å². The topological polar surface area (TPSA) is 75.3 Å². The van der Waals surface area contributed by atoms with Gasteiger partial charge in [0.15, 0.2) is 0 Å². The van der Waals surface area contributed by atoms with Crippen molar-refractivity contribution in [2.75, 3.05) is 24.2 Å². The maximum Gasteiger partial charge on any atom is 0.223 e. The van der Waals surface area contributed by atoms with E-state index in [4.69, 9.17) is 5.73 Å². The van der Waals surface area contributed by atoms with Crippen LogP contribution in [0.25, 0.3) is 10.2 Å². The molecule has 2 aromatic heterocycles. The lowest BCUT2D eigenvalue weighted by Gasteiger charge is -2.29. The van der Waals surface area contributed by atoms with Crippen LogP contribution in [0.4, 0.5) is 11.8 Å². The van der Waals surface area contributed by atoms with Crippen LogP contribution in [0.15, 0.2) is 6.07 Å². The zero-order valence-corrected chi connectivity index (χ0v) is 13.4. The summed E-state index contributed by atoms with van der Waals surface area (Å²) in [5.74, 6) is 1.13. The molecule has 1 aliphatic rings. The van der Waals surface area contributed by atoms with Gasteiger partial charge in [-0.15, -0.1) is 11.3 Å². The van der Waals surface area contributed by atoms with Crippen molar-refractivity contribution in [2.45, 2.75) is 44.6 Å². The number of nitrogen functional groups attached to an aromatic ring is 1. The monoisotopic (exact) mass is 306 g/mol. The predicted molar refractivity (Wildman–Crippen MR) is 87.9 cm³/mol. The molecule has 0 spiro atoms. The number of anilines is 2. The zero-order chi connectivity index (χ0) is 15.0. The molecule has 2 aromatic rings. The molecule has 0 atom stereocenters.